The van der Waals surface area contributed by atoms with E-state index in [9.17, 15) is 19.5 Å². The zero-order chi connectivity index (χ0) is 27.1. The van der Waals surface area contributed by atoms with Gasteiger partial charge in [0, 0.05) is 17.4 Å². The summed E-state index contributed by atoms with van der Waals surface area (Å²) < 4.78 is 0. The topological polar surface area (TPSA) is 98.7 Å². The Morgan fingerprint density at radius 3 is 2.29 bits per heavy atom. The van der Waals surface area contributed by atoms with Gasteiger partial charge in [0.15, 0.2) is 6.10 Å². The maximum absolute atomic E-state index is 13.6. The molecule has 4 rings (SSSR count). The molecule has 3 N–H and O–H groups in total. The van der Waals surface area contributed by atoms with Crippen LogP contribution in [0.15, 0.2) is 84.9 Å². The number of amides is 3. The molecule has 0 saturated carbocycles. The lowest BCUT2D eigenvalue weighted by Gasteiger charge is -2.30. The van der Waals surface area contributed by atoms with Gasteiger partial charge in [-0.2, -0.15) is 0 Å². The van der Waals surface area contributed by atoms with Crippen LogP contribution in [0.4, 0.5) is 0 Å². The number of hydrogen-bond donors (Lipinski definition) is 3. The van der Waals surface area contributed by atoms with Crippen molar-refractivity contribution < 1.29 is 19.5 Å². The molecule has 1 heterocycles. The Bertz CT molecular complexity index is 1250. The molecule has 0 aromatic heterocycles. The van der Waals surface area contributed by atoms with Crippen molar-refractivity contribution in [3.05, 3.63) is 107 Å². The van der Waals surface area contributed by atoms with E-state index in [0.29, 0.717) is 12.1 Å². The zero-order valence-corrected chi connectivity index (χ0v) is 22.4. The van der Waals surface area contributed by atoms with Crippen molar-refractivity contribution in [2.24, 2.45) is 0 Å². The van der Waals surface area contributed by atoms with Crippen LogP contribution >= 0.6 is 11.8 Å². The van der Waals surface area contributed by atoms with E-state index in [2.05, 4.69) is 10.6 Å². The SMILES string of the molecule is Cc1ccccc1CNC(=O)[C@@H]1C(C)SCN1C(=O)[C@@H](O)C(Cc1ccccc1)NC(=O)c1ccccc1. The minimum absolute atomic E-state index is 0.144. The van der Waals surface area contributed by atoms with Crippen LogP contribution in [0.2, 0.25) is 0 Å². The van der Waals surface area contributed by atoms with Gasteiger partial charge in [-0.05, 0) is 42.2 Å². The molecule has 4 atom stereocenters. The molecule has 38 heavy (non-hydrogen) atoms. The number of aryl methyl sites for hydroxylation is 1. The van der Waals surface area contributed by atoms with Gasteiger partial charge in [-0.25, -0.2) is 0 Å². The van der Waals surface area contributed by atoms with Crippen LogP contribution in [-0.4, -0.2) is 57.0 Å². The summed E-state index contributed by atoms with van der Waals surface area (Å²) in [6.45, 7) is 4.24. The van der Waals surface area contributed by atoms with Crippen molar-refractivity contribution >= 4 is 29.5 Å². The Kier molecular flexibility index (Phi) is 9.20. The second-order valence-electron chi connectivity index (χ2n) is 9.48. The molecule has 1 aliphatic rings. The molecule has 3 amide bonds. The smallest absolute Gasteiger partial charge is 0.254 e. The first-order chi connectivity index (χ1) is 18.3. The number of benzene rings is 3. The third-order valence-corrected chi connectivity index (χ3v) is 8.02. The van der Waals surface area contributed by atoms with Gasteiger partial charge in [-0.1, -0.05) is 79.7 Å². The minimum atomic E-state index is -1.53. The van der Waals surface area contributed by atoms with E-state index in [1.165, 1.54) is 16.7 Å². The predicted octanol–water partition coefficient (Wildman–Crippen LogP) is 3.30. The van der Waals surface area contributed by atoms with Gasteiger partial charge < -0.3 is 20.6 Å². The third-order valence-electron chi connectivity index (χ3n) is 6.81. The molecule has 0 aliphatic carbocycles. The van der Waals surface area contributed by atoms with Crippen molar-refractivity contribution in [2.75, 3.05) is 5.88 Å². The normalized spacial score (nSPS) is 18.4. The maximum atomic E-state index is 13.6. The summed E-state index contributed by atoms with van der Waals surface area (Å²) >= 11 is 1.48. The Balaban J connectivity index is 1.50. The quantitative estimate of drug-likeness (QED) is 0.394. The highest BCUT2D eigenvalue weighted by molar-refractivity contribution is 8.00. The Morgan fingerprint density at radius 1 is 0.974 bits per heavy atom. The lowest BCUT2D eigenvalue weighted by molar-refractivity contribution is -0.146. The summed E-state index contributed by atoms with van der Waals surface area (Å²) in [6.07, 6.45) is -1.27. The monoisotopic (exact) mass is 531 g/mol. The molecule has 3 aromatic rings. The minimum Gasteiger partial charge on any atom is -0.381 e. The van der Waals surface area contributed by atoms with Crippen molar-refractivity contribution in [3.63, 3.8) is 0 Å². The van der Waals surface area contributed by atoms with Crippen LogP contribution in [-0.2, 0) is 22.6 Å². The Labute approximate surface area is 227 Å². The Morgan fingerprint density at radius 2 is 1.61 bits per heavy atom. The number of nitrogens with zero attached hydrogens (tertiary/aromatic N) is 1. The van der Waals surface area contributed by atoms with E-state index in [1.54, 1.807) is 24.3 Å². The molecular weight excluding hydrogens is 498 g/mol. The fourth-order valence-corrected chi connectivity index (χ4v) is 5.70. The first-order valence-corrected chi connectivity index (χ1v) is 13.7. The van der Waals surface area contributed by atoms with E-state index >= 15 is 0 Å². The number of hydrogen-bond acceptors (Lipinski definition) is 5. The van der Waals surface area contributed by atoms with Gasteiger partial charge in [-0.15, -0.1) is 11.8 Å². The number of thioether (sulfide) groups is 1. The average molecular weight is 532 g/mol. The molecule has 0 radical (unpaired) electrons. The number of aliphatic hydroxyl groups excluding tert-OH is 1. The number of carbonyl (C=O) groups excluding carboxylic acids is 3. The van der Waals surface area contributed by atoms with E-state index in [0.717, 1.165) is 16.7 Å². The summed E-state index contributed by atoms with van der Waals surface area (Å²) in [6, 6.07) is 24.3. The van der Waals surface area contributed by atoms with Crippen LogP contribution in [0.3, 0.4) is 0 Å². The van der Waals surface area contributed by atoms with E-state index in [-0.39, 0.29) is 29.4 Å². The molecule has 8 heteroatoms. The fraction of sp³-hybridized carbons (Fsp3) is 0.300. The average Bonchev–Trinajstić information content (AvgIpc) is 3.33. The van der Waals surface area contributed by atoms with Gasteiger partial charge in [0.25, 0.3) is 11.8 Å². The van der Waals surface area contributed by atoms with E-state index < -0.39 is 24.1 Å². The number of nitrogens with one attached hydrogen (secondary N) is 2. The first-order valence-electron chi connectivity index (χ1n) is 12.7. The highest BCUT2D eigenvalue weighted by Gasteiger charge is 2.43. The van der Waals surface area contributed by atoms with Gasteiger partial charge in [0.05, 0.1) is 11.9 Å². The summed E-state index contributed by atoms with van der Waals surface area (Å²) in [5.74, 6) is -0.939. The fourth-order valence-electron chi connectivity index (χ4n) is 4.57. The van der Waals surface area contributed by atoms with E-state index in [1.807, 2.05) is 74.5 Å². The number of rotatable bonds is 9. The largest absolute Gasteiger partial charge is 0.381 e. The van der Waals surface area contributed by atoms with Crippen molar-refractivity contribution in [3.8, 4) is 0 Å². The molecule has 2 unspecified atom stereocenters. The molecule has 1 fully saturated rings. The molecule has 1 saturated heterocycles. The second kappa shape index (κ2) is 12.8. The lowest BCUT2D eigenvalue weighted by atomic mass is 9.99. The van der Waals surface area contributed by atoms with Crippen LogP contribution in [0.25, 0.3) is 0 Å². The highest BCUT2D eigenvalue weighted by atomic mass is 32.2. The summed E-state index contributed by atoms with van der Waals surface area (Å²) in [5, 5.41) is 16.9. The van der Waals surface area contributed by atoms with Crippen LogP contribution in [0.1, 0.15) is 34.0 Å². The molecule has 0 spiro atoms. The molecule has 7 nitrogen and oxygen atoms in total. The Hall–Kier alpha value is -3.62. The van der Waals surface area contributed by atoms with Gasteiger partial charge in [0.2, 0.25) is 5.91 Å². The van der Waals surface area contributed by atoms with Crippen molar-refractivity contribution in [1.82, 2.24) is 15.5 Å². The molecular formula is C30H33N3O4S. The summed E-state index contributed by atoms with van der Waals surface area (Å²) in [7, 11) is 0. The number of aliphatic hydroxyl groups is 1. The molecule has 3 aromatic carbocycles. The summed E-state index contributed by atoms with van der Waals surface area (Å²) in [5.41, 5.74) is 3.38. The molecule has 198 valence electrons. The molecule has 1 aliphatic heterocycles. The van der Waals surface area contributed by atoms with Crippen LogP contribution in [0, 0.1) is 6.92 Å². The highest BCUT2D eigenvalue weighted by Crippen LogP contribution is 2.30. The van der Waals surface area contributed by atoms with Gasteiger partial charge in [-0.3, -0.25) is 14.4 Å². The maximum Gasteiger partial charge on any atom is 0.254 e. The summed E-state index contributed by atoms with van der Waals surface area (Å²) in [4.78, 5) is 41.2. The van der Waals surface area contributed by atoms with Gasteiger partial charge >= 0.3 is 0 Å². The van der Waals surface area contributed by atoms with Crippen molar-refractivity contribution in [2.45, 2.75) is 50.3 Å². The van der Waals surface area contributed by atoms with Crippen LogP contribution < -0.4 is 10.6 Å². The third kappa shape index (κ3) is 6.62. The standard InChI is InChI=1S/C30H33N3O4S/c1-20-11-9-10-16-24(20)18-31-29(36)26-21(2)38-19-33(26)30(37)27(34)25(17-22-12-5-3-6-13-22)32-28(35)23-14-7-4-8-15-23/h3-16,21,25-27,34H,17-19H2,1-2H3,(H,31,36)(H,32,35)/t21?,25?,26-,27-/m0/s1. The van der Waals surface area contributed by atoms with Gasteiger partial charge in [0.1, 0.15) is 6.04 Å². The van der Waals surface area contributed by atoms with E-state index in [4.69, 9.17) is 0 Å². The molecule has 0 bridgehead atoms. The second-order valence-corrected chi connectivity index (χ2v) is 10.8. The predicted molar refractivity (Wildman–Crippen MR) is 149 cm³/mol. The zero-order valence-electron chi connectivity index (χ0n) is 21.5. The van der Waals surface area contributed by atoms with Crippen LogP contribution in [0.5, 0.6) is 0 Å². The lowest BCUT2D eigenvalue weighted by Crippen LogP contribution is -2.57. The number of carbonyl (C=O) groups is 3. The van der Waals surface area contributed by atoms with Crippen molar-refractivity contribution in [1.29, 1.82) is 0 Å². The first kappa shape index (κ1) is 27.4.